The van der Waals surface area contributed by atoms with Crippen molar-refractivity contribution in [1.29, 1.82) is 0 Å². The molecule has 2 N–H and O–H groups in total. The van der Waals surface area contributed by atoms with E-state index in [1.165, 1.54) is 24.3 Å². The van der Waals surface area contributed by atoms with E-state index in [-0.39, 0.29) is 30.3 Å². The summed E-state index contributed by atoms with van der Waals surface area (Å²) < 4.78 is 10.5. The molecule has 0 fully saturated rings. The number of phenols is 1. The second-order valence-corrected chi connectivity index (χ2v) is 5.23. The molecule has 0 aromatic heterocycles. The maximum atomic E-state index is 11.9. The molecule has 8 nitrogen and oxygen atoms in total. The Hall–Kier alpha value is -3.55. The Morgan fingerprint density at radius 2 is 2.04 bits per heavy atom. The van der Waals surface area contributed by atoms with Crippen LogP contribution in [0.2, 0.25) is 0 Å². The van der Waals surface area contributed by atoms with E-state index in [0.717, 1.165) is 5.56 Å². The average Bonchev–Trinajstić information content (AvgIpc) is 3.06. The first kappa shape index (κ1) is 16.3. The quantitative estimate of drug-likeness (QED) is 0.490. The lowest BCUT2D eigenvalue weighted by Crippen LogP contribution is -2.20. The normalized spacial score (nSPS) is 12.3. The van der Waals surface area contributed by atoms with E-state index in [9.17, 15) is 20.0 Å². The summed E-state index contributed by atoms with van der Waals surface area (Å²) in [5.41, 5.74) is 0.870. The summed E-state index contributed by atoms with van der Waals surface area (Å²) in [6.07, 6.45) is 2.93. The summed E-state index contributed by atoms with van der Waals surface area (Å²) in [6, 6.07) is 8.92. The van der Waals surface area contributed by atoms with E-state index in [1.54, 1.807) is 24.3 Å². The summed E-state index contributed by atoms with van der Waals surface area (Å²) in [7, 11) is 0. The fourth-order valence-electron chi connectivity index (χ4n) is 2.26. The summed E-state index contributed by atoms with van der Waals surface area (Å²) in [5, 5.41) is 23.0. The molecule has 8 heteroatoms. The molecule has 1 aliphatic heterocycles. The van der Waals surface area contributed by atoms with Crippen molar-refractivity contribution >= 4 is 17.7 Å². The molecule has 0 spiro atoms. The number of ether oxygens (including phenoxy) is 2. The minimum atomic E-state index is -0.565. The average molecular weight is 342 g/mol. The molecule has 0 radical (unpaired) electrons. The number of fused-ring (bicyclic) bond motifs is 1. The Labute approximate surface area is 142 Å². The van der Waals surface area contributed by atoms with Gasteiger partial charge in [-0.1, -0.05) is 6.07 Å². The van der Waals surface area contributed by atoms with Gasteiger partial charge in [-0.3, -0.25) is 14.9 Å². The smallest absolute Gasteiger partial charge is 0.270 e. The highest BCUT2D eigenvalue weighted by Gasteiger charge is 2.13. The van der Waals surface area contributed by atoms with Crippen LogP contribution in [-0.4, -0.2) is 22.7 Å². The van der Waals surface area contributed by atoms with Crippen LogP contribution in [-0.2, 0) is 11.3 Å². The van der Waals surface area contributed by atoms with Crippen LogP contribution in [0.5, 0.6) is 17.2 Å². The lowest BCUT2D eigenvalue weighted by molar-refractivity contribution is -0.384. The molecule has 0 saturated carbocycles. The van der Waals surface area contributed by atoms with Crippen LogP contribution in [0.25, 0.3) is 6.08 Å². The predicted octanol–water partition coefficient (Wildman–Crippen LogP) is 2.36. The number of carbonyl (C=O) groups excluding carboxylic acids is 1. The third-order valence-electron chi connectivity index (χ3n) is 3.55. The number of nitro benzene ring substituents is 1. The minimum absolute atomic E-state index is 0.0299. The molecule has 25 heavy (non-hydrogen) atoms. The molecule has 2 aromatic rings. The number of carbonyl (C=O) groups is 1. The van der Waals surface area contributed by atoms with Crippen LogP contribution >= 0.6 is 0 Å². The largest absolute Gasteiger partial charge is 0.508 e. The fraction of sp³-hybridized carbons (Fsp3) is 0.118. The van der Waals surface area contributed by atoms with Gasteiger partial charge in [-0.2, -0.15) is 0 Å². The molecule has 3 rings (SSSR count). The molecular formula is C17H14N2O6. The summed E-state index contributed by atoms with van der Waals surface area (Å²) in [4.78, 5) is 22.1. The first-order valence-corrected chi connectivity index (χ1v) is 7.35. The number of phenolic OH excluding ortho intramolecular Hbond substituents is 1. The Morgan fingerprint density at radius 1 is 1.24 bits per heavy atom. The van der Waals surface area contributed by atoms with Crippen LogP contribution in [0, 0.1) is 10.1 Å². The standard InChI is InChI=1S/C17H14N2O6/c20-14-4-3-13(19(22)23)8-12(14)9-18-17(21)6-2-11-1-5-15-16(7-11)25-10-24-15/h1-8,20H,9-10H2,(H,18,21)/b6-2+. The van der Waals surface area contributed by atoms with Crippen molar-refractivity contribution < 1.29 is 24.3 Å². The van der Waals surface area contributed by atoms with E-state index in [2.05, 4.69) is 5.32 Å². The van der Waals surface area contributed by atoms with Crippen molar-refractivity contribution in [3.8, 4) is 17.2 Å². The minimum Gasteiger partial charge on any atom is -0.508 e. The molecule has 0 unspecified atom stereocenters. The monoisotopic (exact) mass is 342 g/mol. The lowest BCUT2D eigenvalue weighted by atomic mass is 10.1. The number of amides is 1. The highest BCUT2D eigenvalue weighted by atomic mass is 16.7. The zero-order valence-corrected chi connectivity index (χ0v) is 13.0. The van der Waals surface area contributed by atoms with E-state index in [1.807, 2.05) is 0 Å². The molecule has 0 saturated heterocycles. The van der Waals surface area contributed by atoms with E-state index >= 15 is 0 Å². The molecule has 0 bridgehead atoms. The van der Waals surface area contributed by atoms with Crippen LogP contribution in [0.1, 0.15) is 11.1 Å². The Bertz CT molecular complexity index is 862. The van der Waals surface area contributed by atoms with Gasteiger partial charge in [-0.05, 0) is 29.8 Å². The summed E-state index contributed by atoms with van der Waals surface area (Å²) >= 11 is 0. The molecule has 128 valence electrons. The Morgan fingerprint density at radius 3 is 2.84 bits per heavy atom. The number of nitro groups is 1. The van der Waals surface area contributed by atoms with Crippen molar-refractivity contribution in [3.05, 3.63) is 63.7 Å². The zero-order chi connectivity index (χ0) is 17.8. The number of aromatic hydroxyl groups is 1. The predicted molar refractivity (Wildman–Crippen MR) is 88.2 cm³/mol. The lowest BCUT2D eigenvalue weighted by Gasteiger charge is -2.05. The van der Waals surface area contributed by atoms with Crippen molar-refractivity contribution in [1.82, 2.24) is 5.32 Å². The number of non-ortho nitro benzene ring substituents is 1. The van der Waals surface area contributed by atoms with E-state index in [4.69, 9.17) is 9.47 Å². The number of nitrogens with one attached hydrogen (secondary N) is 1. The van der Waals surface area contributed by atoms with Gasteiger partial charge in [0.05, 0.1) is 4.92 Å². The number of rotatable bonds is 5. The number of hydrogen-bond donors (Lipinski definition) is 2. The molecule has 2 aromatic carbocycles. The molecule has 0 atom stereocenters. The second-order valence-electron chi connectivity index (χ2n) is 5.23. The van der Waals surface area contributed by atoms with Crippen molar-refractivity contribution in [2.75, 3.05) is 6.79 Å². The Balaban J connectivity index is 1.61. The van der Waals surface area contributed by atoms with Gasteiger partial charge in [0.15, 0.2) is 11.5 Å². The molecule has 1 heterocycles. The Kier molecular flexibility index (Phi) is 4.51. The third-order valence-corrected chi connectivity index (χ3v) is 3.55. The van der Waals surface area contributed by atoms with Crippen molar-refractivity contribution in [3.63, 3.8) is 0 Å². The van der Waals surface area contributed by atoms with Gasteiger partial charge in [0.25, 0.3) is 5.69 Å². The molecule has 0 aliphatic carbocycles. The van der Waals surface area contributed by atoms with Gasteiger partial charge >= 0.3 is 0 Å². The van der Waals surface area contributed by atoms with E-state index in [0.29, 0.717) is 11.5 Å². The van der Waals surface area contributed by atoms with E-state index < -0.39 is 10.8 Å². The maximum absolute atomic E-state index is 11.9. The number of hydrogen-bond acceptors (Lipinski definition) is 6. The third kappa shape index (κ3) is 3.86. The summed E-state index contributed by atoms with van der Waals surface area (Å²) in [5.74, 6) is 0.751. The SMILES string of the molecule is O=C(/C=C/c1ccc2c(c1)OCO2)NCc1cc([N+](=O)[O-])ccc1O. The van der Waals surface area contributed by atoms with Crippen LogP contribution < -0.4 is 14.8 Å². The number of nitrogens with zero attached hydrogens (tertiary/aromatic N) is 1. The van der Waals surface area contributed by atoms with Gasteiger partial charge in [-0.25, -0.2) is 0 Å². The van der Waals surface area contributed by atoms with Crippen LogP contribution in [0.4, 0.5) is 5.69 Å². The molecule has 1 amide bonds. The first-order valence-electron chi connectivity index (χ1n) is 7.35. The molecule has 1 aliphatic rings. The first-order chi connectivity index (χ1) is 12.0. The fourth-order valence-corrected chi connectivity index (χ4v) is 2.26. The second kappa shape index (κ2) is 6.91. The topological polar surface area (TPSA) is 111 Å². The van der Waals surface area contributed by atoms with Crippen LogP contribution in [0.3, 0.4) is 0 Å². The van der Waals surface area contributed by atoms with Gasteiger partial charge in [0.1, 0.15) is 5.75 Å². The number of benzene rings is 2. The maximum Gasteiger partial charge on any atom is 0.270 e. The molecular weight excluding hydrogens is 328 g/mol. The van der Waals surface area contributed by atoms with Gasteiger partial charge in [0, 0.05) is 30.3 Å². The van der Waals surface area contributed by atoms with Crippen molar-refractivity contribution in [2.45, 2.75) is 6.54 Å². The van der Waals surface area contributed by atoms with Gasteiger partial charge in [0.2, 0.25) is 12.7 Å². The van der Waals surface area contributed by atoms with Crippen molar-refractivity contribution in [2.24, 2.45) is 0 Å². The zero-order valence-electron chi connectivity index (χ0n) is 13.0. The summed E-state index contributed by atoms with van der Waals surface area (Å²) in [6.45, 7) is 0.146. The van der Waals surface area contributed by atoms with Gasteiger partial charge in [-0.15, -0.1) is 0 Å². The van der Waals surface area contributed by atoms with Gasteiger partial charge < -0.3 is 19.9 Å². The van der Waals surface area contributed by atoms with Crippen LogP contribution in [0.15, 0.2) is 42.5 Å². The highest BCUT2D eigenvalue weighted by molar-refractivity contribution is 5.91. The highest BCUT2D eigenvalue weighted by Crippen LogP contribution is 2.32.